The number of aromatic nitrogens is 4. The number of hydrogen-bond donors (Lipinski definition) is 2. The van der Waals surface area contributed by atoms with E-state index in [4.69, 9.17) is 0 Å². The molecule has 0 bridgehead atoms. The van der Waals surface area contributed by atoms with Crippen LogP contribution in [0.25, 0.3) is 22.8 Å². The summed E-state index contributed by atoms with van der Waals surface area (Å²) in [6, 6.07) is 19.0. The normalized spacial score (nSPS) is 10.6. The van der Waals surface area contributed by atoms with E-state index in [1.807, 2.05) is 60.7 Å². The minimum Gasteiger partial charge on any atom is -0.325 e. The van der Waals surface area contributed by atoms with Crippen molar-refractivity contribution < 1.29 is 9.59 Å². The summed E-state index contributed by atoms with van der Waals surface area (Å²) in [5.41, 5.74) is 4.67. The van der Waals surface area contributed by atoms with Crippen molar-refractivity contribution in [2.24, 2.45) is 0 Å². The molecule has 0 aliphatic rings. The highest BCUT2D eigenvalue weighted by Crippen LogP contribution is 2.18. The second kappa shape index (κ2) is 23.5. The molecular weight excluding hydrogens is 621 g/mol. The number of pyridine rings is 4. The highest BCUT2D eigenvalue weighted by Gasteiger charge is 2.06. The SMILES string of the molecule is O=C(CCCCCCCCCC#CCCCCCCCCCC(=O)Nc1ccc(-c2ccccn2)nc1)Nc1ccc(-c2ccccn2)nc1. The standard InChI is InChI=1S/C42H52N6O2/c49-41(47-35-27-29-39(45-33-35)37-23-19-21-31-43-37)25-17-15-13-11-9-7-5-3-1-2-4-6-8-10-12-14-16-18-26-42(50)48-36-28-30-40(46-34-36)38-24-20-22-32-44-38/h19-24,27-34H,3-18,25-26H2,(H,47,49)(H,48,50). The lowest BCUT2D eigenvalue weighted by atomic mass is 10.1. The van der Waals surface area contributed by atoms with Gasteiger partial charge in [-0.25, -0.2) is 0 Å². The summed E-state index contributed by atoms with van der Waals surface area (Å²) >= 11 is 0. The lowest BCUT2D eigenvalue weighted by Gasteiger charge is -2.06. The van der Waals surface area contributed by atoms with E-state index in [0.717, 1.165) is 72.7 Å². The van der Waals surface area contributed by atoms with Crippen molar-refractivity contribution in [3.63, 3.8) is 0 Å². The van der Waals surface area contributed by atoms with E-state index in [9.17, 15) is 9.59 Å². The summed E-state index contributed by atoms with van der Waals surface area (Å²) in [7, 11) is 0. The smallest absolute Gasteiger partial charge is 0.224 e. The van der Waals surface area contributed by atoms with Crippen LogP contribution < -0.4 is 10.6 Å². The Morgan fingerprint density at radius 3 is 1.18 bits per heavy atom. The van der Waals surface area contributed by atoms with Crippen LogP contribution in [0, 0.1) is 11.8 Å². The van der Waals surface area contributed by atoms with Crippen LogP contribution in [0.3, 0.4) is 0 Å². The highest BCUT2D eigenvalue weighted by molar-refractivity contribution is 5.91. The molecule has 2 N–H and O–H groups in total. The number of anilines is 2. The molecule has 4 rings (SSSR count). The summed E-state index contributed by atoms with van der Waals surface area (Å²) in [6.45, 7) is 0. The fraction of sp³-hybridized carbons (Fsp3) is 0.429. The molecule has 262 valence electrons. The van der Waals surface area contributed by atoms with Gasteiger partial charge in [-0.1, -0.05) is 76.3 Å². The van der Waals surface area contributed by atoms with E-state index in [1.165, 1.54) is 64.2 Å². The molecule has 4 aromatic heterocycles. The predicted molar refractivity (Wildman–Crippen MR) is 203 cm³/mol. The first-order valence-corrected chi connectivity index (χ1v) is 18.5. The van der Waals surface area contributed by atoms with Gasteiger partial charge in [-0.3, -0.25) is 29.5 Å². The average Bonchev–Trinajstić information content (AvgIpc) is 3.15. The fourth-order valence-corrected chi connectivity index (χ4v) is 5.66. The van der Waals surface area contributed by atoms with Gasteiger partial charge in [0.15, 0.2) is 0 Å². The van der Waals surface area contributed by atoms with Gasteiger partial charge in [-0.2, -0.15) is 0 Å². The van der Waals surface area contributed by atoms with E-state index in [2.05, 4.69) is 42.4 Å². The van der Waals surface area contributed by atoms with Crippen LogP contribution >= 0.6 is 0 Å². The summed E-state index contributed by atoms with van der Waals surface area (Å²) in [5.74, 6) is 6.79. The molecule has 50 heavy (non-hydrogen) atoms. The number of nitrogens with zero attached hydrogens (tertiary/aromatic N) is 4. The monoisotopic (exact) mass is 672 g/mol. The molecule has 0 saturated heterocycles. The number of nitrogens with one attached hydrogen (secondary N) is 2. The number of hydrogen-bond acceptors (Lipinski definition) is 6. The Bertz CT molecular complexity index is 1460. The van der Waals surface area contributed by atoms with Crippen molar-refractivity contribution in [1.82, 2.24) is 19.9 Å². The molecule has 4 heterocycles. The molecule has 0 spiro atoms. The Labute approximate surface area is 298 Å². The van der Waals surface area contributed by atoms with Crippen LogP contribution in [0.5, 0.6) is 0 Å². The van der Waals surface area contributed by atoms with Crippen LogP contribution in [-0.2, 0) is 9.59 Å². The van der Waals surface area contributed by atoms with Crippen LogP contribution in [0.15, 0.2) is 85.5 Å². The van der Waals surface area contributed by atoms with Gasteiger partial charge in [0.25, 0.3) is 0 Å². The minimum atomic E-state index is 0.0453. The zero-order chi connectivity index (χ0) is 34.9. The molecule has 0 saturated carbocycles. The topological polar surface area (TPSA) is 110 Å². The summed E-state index contributed by atoms with van der Waals surface area (Å²) in [6.07, 6.45) is 26.1. The van der Waals surface area contributed by atoms with E-state index in [1.54, 1.807) is 24.8 Å². The number of carbonyl (C=O) groups is 2. The molecule has 0 aliphatic carbocycles. The van der Waals surface area contributed by atoms with E-state index >= 15 is 0 Å². The number of carbonyl (C=O) groups excluding carboxylic acids is 2. The Balaban J connectivity index is 0.874. The van der Waals surface area contributed by atoms with Crippen molar-refractivity contribution >= 4 is 23.2 Å². The summed E-state index contributed by atoms with van der Waals surface area (Å²) in [5, 5.41) is 5.89. The predicted octanol–water partition coefficient (Wildman–Crippen LogP) is 10.2. The van der Waals surface area contributed by atoms with Gasteiger partial charge < -0.3 is 10.6 Å². The van der Waals surface area contributed by atoms with Gasteiger partial charge in [-0.05, 0) is 74.2 Å². The molecule has 0 unspecified atom stereocenters. The zero-order valence-corrected chi connectivity index (χ0v) is 29.4. The molecular formula is C42H52N6O2. The maximum absolute atomic E-state index is 12.3. The lowest BCUT2D eigenvalue weighted by molar-refractivity contribution is -0.117. The highest BCUT2D eigenvalue weighted by atomic mass is 16.2. The van der Waals surface area contributed by atoms with Crippen molar-refractivity contribution in [2.75, 3.05) is 10.6 Å². The molecule has 8 nitrogen and oxygen atoms in total. The molecule has 4 aromatic rings. The first-order chi connectivity index (χ1) is 24.7. The van der Waals surface area contributed by atoms with Gasteiger partial charge in [0, 0.05) is 38.1 Å². The third-order valence-corrected chi connectivity index (χ3v) is 8.49. The van der Waals surface area contributed by atoms with Crippen molar-refractivity contribution in [3.8, 4) is 34.6 Å². The largest absolute Gasteiger partial charge is 0.325 e. The van der Waals surface area contributed by atoms with Crippen molar-refractivity contribution in [1.29, 1.82) is 0 Å². The van der Waals surface area contributed by atoms with Crippen LogP contribution in [0.2, 0.25) is 0 Å². The molecule has 2 amide bonds. The third kappa shape index (κ3) is 15.5. The first kappa shape index (κ1) is 37.9. The molecule has 8 heteroatoms. The quantitative estimate of drug-likeness (QED) is 0.0635. The zero-order valence-electron chi connectivity index (χ0n) is 29.4. The van der Waals surface area contributed by atoms with Crippen LogP contribution in [-0.4, -0.2) is 31.8 Å². The first-order valence-electron chi connectivity index (χ1n) is 18.5. The van der Waals surface area contributed by atoms with Gasteiger partial charge in [0.05, 0.1) is 46.5 Å². The number of rotatable bonds is 22. The average molecular weight is 673 g/mol. The second-order valence-corrected chi connectivity index (χ2v) is 12.7. The van der Waals surface area contributed by atoms with Crippen LogP contribution in [0.4, 0.5) is 11.4 Å². The minimum absolute atomic E-state index is 0.0453. The maximum Gasteiger partial charge on any atom is 0.224 e. The molecule has 0 fully saturated rings. The van der Waals surface area contributed by atoms with Gasteiger partial charge >= 0.3 is 0 Å². The van der Waals surface area contributed by atoms with Crippen molar-refractivity contribution in [3.05, 3.63) is 85.5 Å². The molecule has 0 atom stereocenters. The summed E-state index contributed by atoms with van der Waals surface area (Å²) in [4.78, 5) is 42.0. The van der Waals surface area contributed by atoms with Gasteiger partial charge in [-0.15, -0.1) is 11.8 Å². The Morgan fingerprint density at radius 1 is 0.440 bits per heavy atom. The Hall–Kier alpha value is -4.90. The maximum atomic E-state index is 12.3. The molecule has 0 radical (unpaired) electrons. The molecule has 0 aliphatic heterocycles. The Kier molecular flexibility index (Phi) is 17.8. The number of amides is 2. The summed E-state index contributed by atoms with van der Waals surface area (Å²) < 4.78 is 0. The lowest BCUT2D eigenvalue weighted by Crippen LogP contribution is -2.11. The van der Waals surface area contributed by atoms with E-state index in [-0.39, 0.29) is 11.8 Å². The van der Waals surface area contributed by atoms with Crippen molar-refractivity contribution in [2.45, 2.75) is 116 Å². The fourth-order valence-electron chi connectivity index (χ4n) is 5.66. The second-order valence-electron chi connectivity index (χ2n) is 12.7. The van der Waals surface area contributed by atoms with E-state index < -0.39 is 0 Å². The number of unbranched alkanes of at least 4 members (excludes halogenated alkanes) is 14. The third-order valence-electron chi connectivity index (χ3n) is 8.49. The van der Waals surface area contributed by atoms with Gasteiger partial charge in [0.1, 0.15) is 0 Å². The van der Waals surface area contributed by atoms with Gasteiger partial charge in [0.2, 0.25) is 11.8 Å². The van der Waals surface area contributed by atoms with E-state index in [0.29, 0.717) is 12.8 Å². The Morgan fingerprint density at radius 2 is 0.820 bits per heavy atom. The molecule has 0 aromatic carbocycles. The van der Waals surface area contributed by atoms with Crippen LogP contribution in [0.1, 0.15) is 116 Å².